The van der Waals surface area contributed by atoms with Crippen LogP contribution in [-0.2, 0) is 4.74 Å². The van der Waals surface area contributed by atoms with E-state index in [1.165, 1.54) is 0 Å². The topological polar surface area (TPSA) is 72.3 Å². The molecule has 1 aromatic heterocycles. The van der Waals surface area contributed by atoms with Crippen molar-refractivity contribution in [1.82, 2.24) is 9.97 Å². The molecule has 0 saturated heterocycles. The van der Waals surface area contributed by atoms with Gasteiger partial charge in [0.25, 0.3) is 0 Å². The van der Waals surface area contributed by atoms with Crippen LogP contribution in [0.5, 0.6) is 0 Å². The Hall–Kier alpha value is -1.75. The van der Waals surface area contributed by atoms with E-state index >= 15 is 0 Å². The minimum Gasteiger partial charge on any atom is -0.477 e. The average molecular weight is 246 g/mol. The molecule has 2 aliphatic rings. The van der Waals surface area contributed by atoms with Crippen LogP contribution in [0.2, 0.25) is 0 Å². The molecule has 0 bridgehead atoms. The maximum absolute atomic E-state index is 11.1. The van der Waals surface area contributed by atoms with Crippen LogP contribution in [0.3, 0.4) is 0 Å². The first-order chi connectivity index (χ1) is 8.74. The number of ether oxygens (including phenoxy) is 1. The van der Waals surface area contributed by atoms with E-state index in [4.69, 9.17) is 9.84 Å². The molecule has 1 fully saturated rings. The van der Waals surface area contributed by atoms with Crippen LogP contribution >= 0.6 is 0 Å². The fourth-order valence-corrected chi connectivity index (χ4v) is 2.04. The number of nitrogens with zero attached hydrogens (tertiary/aromatic N) is 2. The highest BCUT2D eigenvalue weighted by Gasteiger charge is 2.27. The molecule has 1 N–H and O–H groups in total. The van der Waals surface area contributed by atoms with Crippen molar-refractivity contribution in [3.63, 3.8) is 0 Å². The Bertz CT molecular complexity index is 521. The number of aromatic carboxylic acids is 1. The molecule has 5 nitrogen and oxygen atoms in total. The number of hydrogen-bond donors (Lipinski definition) is 1. The lowest BCUT2D eigenvalue weighted by Gasteiger charge is -2.13. The van der Waals surface area contributed by atoms with Gasteiger partial charge in [0.05, 0.1) is 13.2 Å². The third-order valence-electron chi connectivity index (χ3n) is 3.21. The van der Waals surface area contributed by atoms with Crippen LogP contribution in [0.15, 0.2) is 12.1 Å². The summed E-state index contributed by atoms with van der Waals surface area (Å²) in [5.74, 6) is -0.0152. The van der Waals surface area contributed by atoms with Gasteiger partial charge in [0.1, 0.15) is 0 Å². The fraction of sp³-hybridized carbons (Fsp3) is 0.462. The van der Waals surface area contributed by atoms with Gasteiger partial charge in [-0.05, 0) is 30.9 Å². The van der Waals surface area contributed by atoms with E-state index in [-0.39, 0.29) is 5.69 Å². The zero-order valence-corrected chi connectivity index (χ0v) is 9.93. The molecule has 1 aromatic rings. The smallest absolute Gasteiger partial charge is 0.354 e. The van der Waals surface area contributed by atoms with Crippen LogP contribution in [-0.4, -0.2) is 34.3 Å². The van der Waals surface area contributed by atoms with Crippen molar-refractivity contribution in [1.29, 1.82) is 0 Å². The Kier molecular flexibility index (Phi) is 2.83. The molecule has 0 atom stereocenters. The summed E-state index contributed by atoms with van der Waals surface area (Å²) in [6.07, 6.45) is 4.86. The summed E-state index contributed by atoms with van der Waals surface area (Å²) in [5.41, 5.74) is 1.95. The summed E-state index contributed by atoms with van der Waals surface area (Å²) in [4.78, 5) is 19.7. The quantitative estimate of drug-likeness (QED) is 0.881. The number of hydrogen-bond acceptors (Lipinski definition) is 4. The molecular formula is C13H14N2O3. The van der Waals surface area contributed by atoms with E-state index in [0.29, 0.717) is 25.0 Å². The molecule has 1 saturated carbocycles. The molecule has 0 unspecified atom stereocenters. The molecule has 0 amide bonds. The Morgan fingerprint density at radius 3 is 2.83 bits per heavy atom. The van der Waals surface area contributed by atoms with E-state index in [2.05, 4.69) is 9.97 Å². The SMILES string of the molecule is O=C(O)c1cc(C2CC2)nc(C2=CCOCC2)n1. The highest BCUT2D eigenvalue weighted by atomic mass is 16.5. The van der Waals surface area contributed by atoms with Crippen molar-refractivity contribution < 1.29 is 14.6 Å². The highest BCUT2D eigenvalue weighted by molar-refractivity contribution is 5.86. The molecule has 5 heteroatoms. The minimum atomic E-state index is -0.992. The second-order valence-corrected chi connectivity index (χ2v) is 4.64. The van der Waals surface area contributed by atoms with Gasteiger partial charge in [0, 0.05) is 11.6 Å². The van der Waals surface area contributed by atoms with E-state index in [0.717, 1.165) is 30.5 Å². The van der Waals surface area contributed by atoms with Gasteiger partial charge in [0.15, 0.2) is 11.5 Å². The average Bonchev–Trinajstić information content (AvgIpc) is 3.23. The standard InChI is InChI=1S/C13H14N2O3/c16-13(17)11-7-10(8-1-2-8)14-12(15-11)9-3-5-18-6-4-9/h3,7-8H,1-2,4-6H2,(H,16,17). The lowest BCUT2D eigenvalue weighted by atomic mass is 10.1. The lowest BCUT2D eigenvalue weighted by molar-refractivity contribution is 0.0690. The van der Waals surface area contributed by atoms with Crippen LogP contribution in [0.4, 0.5) is 0 Å². The zero-order valence-electron chi connectivity index (χ0n) is 9.93. The summed E-state index contributed by atoms with van der Waals surface area (Å²) in [7, 11) is 0. The predicted octanol–water partition coefficient (Wildman–Crippen LogP) is 1.86. The second kappa shape index (κ2) is 4.49. The van der Waals surface area contributed by atoms with Gasteiger partial charge in [-0.3, -0.25) is 0 Å². The van der Waals surface area contributed by atoms with Crippen molar-refractivity contribution in [2.24, 2.45) is 0 Å². The summed E-state index contributed by atoms with van der Waals surface area (Å²) in [6, 6.07) is 1.60. The third kappa shape index (κ3) is 2.26. The van der Waals surface area contributed by atoms with E-state index in [1.807, 2.05) is 6.08 Å². The molecule has 94 valence electrons. The molecule has 0 aromatic carbocycles. The molecular weight excluding hydrogens is 232 g/mol. The molecule has 18 heavy (non-hydrogen) atoms. The number of carbonyl (C=O) groups is 1. The van der Waals surface area contributed by atoms with E-state index in [9.17, 15) is 4.79 Å². The van der Waals surface area contributed by atoms with Crippen LogP contribution in [0.1, 0.15) is 47.2 Å². The predicted molar refractivity (Wildman–Crippen MR) is 64.4 cm³/mol. The number of carboxylic acid groups (broad SMARTS) is 1. The van der Waals surface area contributed by atoms with Crippen molar-refractivity contribution in [3.05, 3.63) is 29.4 Å². The van der Waals surface area contributed by atoms with Gasteiger partial charge in [-0.2, -0.15) is 0 Å². The van der Waals surface area contributed by atoms with Crippen LogP contribution < -0.4 is 0 Å². The first-order valence-corrected chi connectivity index (χ1v) is 6.13. The maximum atomic E-state index is 11.1. The number of carboxylic acids is 1. The monoisotopic (exact) mass is 246 g/mol. The molecule has 0 spiro atoms. The van der Waals surface area contributed by atoms with Crippen LogP contribution in [0.25, 0.3) is 5.57 Å². The summed E-state index contributed by atoms with van der Waals surface area (Å²) in [5, 5.41) is 9.10. The normalized spacial score (nSPS) is 19.4. The molecule has 3 rings (SSSR count). The maximum Gasteiger partial charge on any atom is 0.354 e. The summed E-state index contributed by atoms with van der Waals surface area (Å²) < 4.78 is 5.24. The Balaban J connectivity index is 2.01. The minimum absolute atomic E-state index is 0.0919. The number of rotatable bonds is 3. The Morgan fingerprint density at radius 1 is 1.39 bits per heavy atom. The Labute approximate surface area is 105 Å². The molecule has 1 aliphatic heterocycles. The van der Waals surface area contributed by atoms with Crippen molar-refractivity contribution >= 4 is 11.5 Å². The summed E-state index contributed by atoms with van der Waals surface area (Å²) >= 11 is 0. The molecule has 2 heterocycles. The number of aromatic nitrogens is 2. The van der Waals surface area contributed by atoms with Crippen molar-refractivity contribution in [2.75, 3.05) is 13.2 Å². The van der Waals surface area contributed by atoms with Gasteiger partial charge in [-0.1, -0.05) is 6.08 Å². The Morgan fingerprint density at radius 2 is 2.22 bits per heavy atom. The van der Waals surface area contributed by atoms with E-state index < -0.39 is 5.97 Å². The molecule has 0 radical (unpaired) electrons. The fourth-order valence-electron chi connectivity index (χ4n) is 2.04. The summed E-state index contributed by atoms with van der Waals surface area (Å²) in [6.45, 7) is 1.19. The third-order valence-corrected chi connectivity index (χ3v) is 3.21. The first kappa shape index (κ1) is 11.3. The second-order valence-electron chi connectivity index (χ2n) is 4.64. The zero-order chi connectivity index (χ0) is 12.5. The first-order valence-electron chi connectivity index (χ1n) is 6.13. The van der Waals surface area contributed by atoms with Crippen LogP contribution in [0, 0.1) is 0 Å². The highest BCUT2D eigenvalue weighted by Crippen LogP contribution is 2.39. The van der Waals surface area contributed by atoms with Gasteiger partial charge in [-0.15, -0.1) is 0 Å². The molecule has 1 aliphatic carbocycles. The van der Waals surface area contributed by atoms with Gasteiger partial charge < -0.3 is 9.84 Å². The lowest BCUT2D eigenvalue weighted by Crippen LogP contribution is -2.11. The van der Waals surface area contributed by atoms with Gasteiger partial charge in [0.2, 0.25) is 0 Å². The van der Waals surface area contributed by atoms with Crippen molar-refractivity contribution in [3.8, 4) is 0 Å². The van der Waals surface area contributed by atoms with Gasteiger partial charge in [-0.25, -0.2) is 14.8 Å². The van der Waals surface area contributed by atoms with Gasteiger partial charge >= 0.3 is 5.97 Å². The van der Waals surface area contributed by atoms with E-state index in [1.54, 1.807) is 6.07 Å². The largest absolute Gasteiger partial charge is 0.477 e. The van der Waals surface area contributed by atoms with Crippen molar-refractivity contribution in [2.45, 2.75) is 25.2 Å².